The number of hydrogen-bond donors (Lipinski definition) is 0. The molecular formula is C10H10BrClF2. The van der Waals surface area contributed by atoms with Gasteiger partial charge in [0.2, 0.25) is 0 Å². The van der Waals surface area contributed by atoms with Crippen LogP contribution in [-0.4, -0.2) is 5.38 Å². The second kappa shape index (κ2) is 4.58. The molecule has 1 rings (SSSR count). The zero-order valence-electron chi connectivity index (χ0n) is 7.82. The topological polar surface area (TPSA) is 0 Å². The molecule has 0 radical (unpaired) electrons. The molecule has 2 unspecified atom stereocenters. The molecule has 0 spiro atoms. The van der Waals surface area contributed by atoms with Gasteiger partial charge in [0.1, 0.15) is 11.6 Å². The Kier molecular flexibility index (Phi) is 3.90. The lowest BCUT2D eigenvalue weighted by Crippen LogP contribution is -2.09. The molecule has 0 saturated carbocycles. The van der Waals surface area contributed by atoms with Crippen molar-refractivity contribution in [2.24, 2.45) is 0 Å². The van der Waals surface area contributed by atoms with Crippen LogP contribution in [0.1, 0.15) is 25.3 Å². The van der Waals surface area contributed by atoms with Gasteiger partial charge in [0.15, 0.2) is 0 Å². The molecule has 0 N–H and O–H groups in total. The van der Waals surface area contributed by atoms with Gasteiger partial charge < -0.3 is 0 Å². The van der Waals surface area contributed by atoms with Gasteiger partial charge >= 0.3 is 0 Å². The van der Waals surface area contributed by atoms with Crippen molar-refractivity contribution >= 4 is 27.5 Å². The number of rotatable bonds is 2. The first-order valence-electron chi connectivity index (χ1n) is 4.22. The Morgan fingerprint density at radius 3 is 2.21 bits per heavy atom. The predicted octanol–water partition coefficient (Wildman–Crippen LogP) is 4.46. The van der Waals surface area contributed by atoms with E-state index in [1.165, 1.54) is 0 Å². The van der Waals surface area contributed by atoms with Crippen molar-refractivity contribution in [1.82, 2.24) is 0 Å². The van der Waals surface area contributed by atoms with Gasteiger partial charge in [-0.3, -0.25) is 0 Å². The average molecular weight is 284 g/mol. The standard InChI is InChI=1S/C10H10BrClF2/c1-5(6(2)12)9-7(13)3-4-8(14)10(9)11/h3-6H,1-2H3. The van der Waals surface area contributed by atoms with E-state index in [1.807, 2.05) is 0 Å². The first-order valence-corrected chi connectivity index (χ1v) is 5.45. The molecule has 0 fully saturated rings. The van der Waals surface area contributed by atoms with Crippen molar-refractivity contribution in [1.29, 1.82) is 0 Å². The molecule has 0 heterocycles. The molecule has 1 aromatic carbocycles. The van der Waals surface area contributed by atoms with E-state index in [0.717, 1.165) is 12.1 Å². The van der Waals surface area contributed by atoms with Gasteiger partial charge in [-0.15, -0.1) is 11.6 Å². The zero-order valence-corrected chi connectivity index (χ0v) is 10.2. The SMILES string of the molecule is CC(Cl)C(C)c1c(F)ccc(F)c1Br. The van der Waals surface area contributed by atoms with Crippen molar-refractivity contribution in [3.63, 3.8) is 0 Å². The molecule has 0 bridgehead atoms. The van der Waals surface area contributed by atoms with Crippen molar-refractivity contribution < 1.29 is 8.78 Å². The summed E-state index contributed by atoms with van der Waals surface area (Å²) in [5.74, 6) is -1.13. The molecule has 0 saturated heterocycles. The fraction of sp³-hybridized carbons (Fsp3) is 0.400. The van der Waals surface area contributed by atoms with Crippen LogP contribution in [0, 0.1) is 11.6 Å². The third-order valence-corrected chi connectivity index (χ3v) is 3.41. The Morgan fingerprint density at radius 1 is 1.21 bits per heavy atom. The smallest absolute Gasteiger partial charge is 0.137 e. The number of benzene rings is 1. The molecule has 0 aliphatic heterocycles. The van der Waals surface area contributed by atoms with Crippen LogP contribution in [-0.2, 0) is 0 Å². The monoisotopic (exact) mass is 282 g/mol. The van der Waals surface area contributed by atoms with Crippen LogP contribution in [0.5, 0.6) is 0 Å². The van der Waals surface area contributed by atoms with E-state index in [0.29, 0.717) is 5.56 Å². The Balaban J connectivity index is 3.25. The molecule has 4 heteroatoms. The molecule has 0 aromatic heterocycles. The van der Waals surface area contributed by atoms with Crippen LogP contribution in [0.4, 0.5) is 8.78 Å². The van der Waals surface area contributed by atoms with Crippen molar-refractivity contribution in [3.05, 3.63) is 33.8 Å². The van der Waals surface area contributed by atoms with E-state index in [-0.39, 0.29) is 15.8 Å². The molecule has 0 nitrogen and oxygen atoms in total. The van der Waals surface area contributed by atoms with Gasteiger partial charge in [0.25, 0.3) is 0 Å². The summed E-state index contributed by atoms with van der Waals surface area (Å²) in [7, 11) is 0. The lowest BCUT2D eigenvalue weighted by atomic mass is 9.97. The van der Waals surface area contributed by atoms with E-state index in [4.69, 9.17) is 11.6 Å². The second-order valence-corrected chi connectivity index (χ2v) is 4.70. The molecular weight excluding hydrogens is 273 g/mol. The summed E-state index contributed by atoms with van der Waals surface area (Å²) in [5.41, 5.74) is 0.299. The Morgan fingerprint density at radius 2 is 1.71 bits per heavy atom. The van der Waals surface area contributed by atoms with Crippen molar-refractivity contribution in [3.8, 4) is 0 Å². The minimum atomic E-state index is -0.467. The van der Waals surface area contributed by atoms with Crippen molar-refractivity contribution in [2.45, 2.75) is 25.1 Å². The minimum Gasteiger partial charge on any atom is -0.207 e. The summed E-state index contributed by atoms with van der Waals surface area (Å²) in [6.45, 7) is 3.52. The van der Waals surface area contributed by atoms with Crippen LogP contribution < -0.4 is 0 Å². The number of hydrogen-bond acceptors (Lipinski definition) is 0. The largest absolute Gasteiger partial charge is 0.207 e. The van der Waals surface area contributed by atoms with Crippen molar-refractivity contribution in [2.75, 3.05) is 0 Å². The Hall–Kier alpha value is -0.150. The summed E-state index contributed by atoms with van der Waals surface area (Å²) in [5, 5.41) is -0.248. The quantitative estimate of drug-likeness (QED) is 0.555. The number of halogens is 4. The summed E-state index contributed by atoms with van der Waals surface area (Å²) < 4.78 is 26.7. The van der Waals surface area contributed by atoms with Crippen LogP contribution in [0.25, 0.3) is 0 Å². The summed E-state index contributed by atoms with van der Waals surface area (Å²) >= 11 is 8.88. The van der Waals surface area contributed by atoms with Gasteiger partial charge in [-0.2, -0.15) is 0 Å². The minimum absolute atomic E-state index is 0.164. The summed E-state index contributed by atoms with van der Waals surface area (Å²) in [6, 6.07) is 2.21. The highest BCUT2D eigenvalue weighted by Gasteiger charge is 2.20. The predicted molar refractivity (Wildman–Crippen MR) is 57.8 cm³/mol. The third kappa shape index (κ3) is 2.26. The molecule has 1 aromatic rings. The highest BCUT2D eigenvalue weighted by molar-refractivity contribution is 9.10. The lowest BCUT2D eigenvalue weighted by Gasteiger charge is -2.17. The maximum atomic E-state index is 13.4. The third-order valence-electron chi connectivity index (χ3n) is 2.22. The normalized spacial score (nSPS) is 15.3. The first-order chi connectivity index (χ1) is 6.45. The highest BCUT2D eigenvalue weighted by Crippen LogP contribution is 2.33. The van der Waals surface area contributed by atoms with E-state index in [2.05, 4.69) is 15.9 Å². The lowest BCUT2D eigenvalue weighted by molar-refractivity contribution is 0.559. The van der Waals surface area contributed by atoms with Gasteiger partial charge in [0.05, 0.1) is 4.47 Å². The highest BCUT2D eigenvalue weighted by atomic mass is 79.9. The molecule has 2 atom stereocenters. The molecule has 0 aliphatic rings. The van der Waals surface area contributed by atoms with Gasteiger partial charge in [-0.05, 0) is 35.0 Å². The van der Waals surface area contributed by atoms with Gasteiger partial charge in [-0.1, -0.05) is 6.92 Å². The molecule has 0 aliphatic carbocycles. The maximum absolute atomic E-state index is 13.4. The fourth-order valence-corrected chi connectivity index (χ4v) is 2.00. The molecule has 14 heavy (non-hydrogen) atoms. The van der Waals surface area contributed by atoms with Gasteiger partial charge in [-0.25, -0.2) is 8.78 Å². The maximum Gasteiger partial charge on any atom is 0.137 e. The van der Waals surface area contributed by atoms with E-state index < -0.39 is 11.6 Å². The van der Waals surface area contributed by atoms with Gasteiger partial charge in [0, 0.05) is 16.9 Å². The Labute approximate surface area is 95.4 Å². The Bertz CT molecular complexity index is 339. The van der Waals surface area contributed by atoms with E-state index in [1.54, 1.807) is 13.8 Å². The molecule has 78 valence electrons. The fourth-order valence-electron chi connectivity index (χ4n) is 1.19. The van der Waals surface area contributed by atoms with Crippen LogP contribution in [0.2, 0.25) is 0 Å². The average Bonchev–Trinajstić information content (AvgIpc) is 2.12. The van der Waals surface area contributed by atoms with E-state index in [9.17, 15) is 8.78 Å². The van der Waals surface area contributed by atoms with Crippen LogP contribution in [0.3, 0.4) is 0 Å². The second-order valence-electron chi connectivity index (χ2n) is 3.22. The zero-order chi connectivity index (χ0) is 10.9. The van der Waals surface area contributed by atoms with Crippen LogP contribution >= 0.6 is 27.5 Å². The number of alkyl halides is 1. The van der Waals surface area contributed by atoms with Crippen LogP contribution in [0.15, 0.2) is 16.6 Å². The summed E-state index contributed by atoms with van der Waals surface area (Å²) in [6.07, 6.45) is 0. The first kappa shape index (κ1) is 11.9. The molecule has 0 amide bonds. The van der Waals surface area contributed by atoms with E-state index >= 15 is 0 Å². The summed E-state index contributed by atoms with van der Waals surface area (Å²) in [4.78, 5) is 0.